The summed E-state index contributed by atoms with van der Waals surface area (Å²) in [7, 11) is 0. The van der Waals surface area contributed by atoms with Crippen molar-refractivity contribution in [2.45, 2.75) is 47.1 Å². The summed E-state index contributed by atoms with van der Waals surface area (Å²) in [4.78, 5) is 22.2. The lowest BCUT2D eigenvalue weighted by Gasteiger charge is -2.34. The fraction of sp³-hybridized carbons (Fsp3) is 0.364. The lowest BCUT2D eigenvalue weighted by atomic mass is 9.71. The molecule has 3 heteroatoms. The standard InChI is InChI=1S/C22H28O3/c1-16(9-6-7-14-23)10-8-11-17(2)12-13-19-18(3)21(25)20(24)15-22(19,4)5/h6-14,20,24H,15H2,1-5H3. The Balaban J connectivity index is 2.89. The zero-order valence-corrected chi connectivity index (χ0v) is 15.7. The van der Waals surface area contributed by atoms with Crippen LogP contribution in [0.4, 0.5) is 0 Å². The monoisotopic (exact) mass is 340 g/mol. The molecule has 1 atom stereocenters. The molecular weight excluding hydrogens is 312 g/mol. The second-order valence-electron chi connectivity index (χ2n) is 7.04. The fourth-order valence-electron chi connectivity index (χ4n) is 2.86. The largest absolute Gasteiger partial charge is 0.385 e. The van der Waals surface area contributed by atoms with Crippen LogP contribution in [0.15, 0.2) is 70.9 Å². The van der Waals surface area contributed by atoms with Crippen LogP contribution in [0.3, 0.4) is 0 Å². The van der Waals surface area contributed by atoms with Gasteiger partial charge in [0.05, 0.1) is 0 Å². The highest BCUT2D eigenvalue weighted by Crippen LogP contribution is 2.39. The molecule has 0 bridgehead atoms. The van der Waals surface area contributed by atoms with Crippen molar-refractivity contribution in [2.24, 2.45) is 5.41 Å². The van der Waals surface area contributed by atoms with E-state index in [-0.39, 0.29) is 11.2 Å². The molecule has 0 aromatic heterocycles. The Morgan fingerprint density at radius 2 is 1.68 bits per heavy atom. The fourth-order valence-corrected chi connectivity index (χ4v) is 2.86. The highest BCUT2D eigenvalue weighted by atomic mass is 16.3. The SMILES string of the molecule is CC(C=CC=C(C)C=CC1=C(C)C(=O)C(O)CC1(C)C)=CC=CC=O. The third-order valence-corrected chi connectivity index (χ3v) is 4.29. The first-order valence-corrected chi connectivity index (χ1v) is 8.44. The molecule has 1 unspecified atom stereocenters. The summed E-state index contributed by atoms with van der Waals surface area (Å²) in [5, 5.41) is 9.87. The number of aliphatic hydroxyl groups excluding tert-OH is 1. The van der Waals surface area contributed by atoms with Crippen LogP contribution in [0.2, 0.25) is 0 Å². The number of carbonyl (C=O) groups excluding carboxylic acids is 2. The summed E-state index contributed by atoms with van der Waals surface area (Å²) >= 11 is 0. The van der Waals surface area contributed by atoms with Crippen molar-refractivity contribution in [3.8, 4) is 0 Å². The van der Waals surface area contributed by atoms with Gasteiger partial charge in [-0.3, -0.25) is 9.59 Å². The van der Waals surface area contributed by atoms with E-state index in [2.05, 4.69) is 0 Å². The molecule has 0 aliphatic heterocycles. The average Bonchev–Trinajstić information content (AvgIpc) is 2.52. The first kappa shape index (κ1) is 20.8. The molecule has 1 aliphatic carbocycles. The topological polar surface area (TPSA) is 54.4 Å². The third-order valence-electron chi connectivity index (χ3n) is 4.29. The van der Waals surface area contributed by atoms with E-state index in [0.717, 1.165) is 23.0 Å². The number of ketones is 1. The predicted molar refractivity (Wildman–Crippen MR) is 103 cm³/mol. The molecule has 0 aromatic rings. The Morgan fingerprint density at radius 3 is 2.32 bits per heavy atom. The molecule has 0 radical (unpaired) electrons. The van der Waals surface area contributed by atoms with Gasteiger partial charge in [-0.2, -0.15) is 0 Å². The highest BCUT2D eigenvalue weighted by molar-refractivity contribution is 6.00. The van der Waals surface area contributed by atoms with E-state index in [1.54, 1.807) is 13.0 Å². The van der Waals surface area contributed by atoms with Gasteiger partial charge in [0.1, 0.15) is 12.4 Å². The molecule has 0 heterocycles. The Morgan fingerprint density at radius 1 is 1.08 bits per heavy atom. The third kappa shape index (κ3) is 6.28. The van der Waals surface area contributed by atoms with Crippen molar-refractivity contribution in [3.63, 3.8) is 0 Å². The van der Waals surface area contributed by atoms with Gasteiger partial charge >= 0.3 is 0 Å². The number of aliphatic hydroxyl groups is 1. The molecular formula is C22H28O3. The van der Waals surface area contributed by atoms with Crippen molar-refractivity contribution in [2.75, 3.05) is 0 Å². The maximum atomic E-state index is 12.0. The van der Waals surface area contributed by atoms with Gasteiger partial charge < -0.3 is 5.11 Å². The van der Waals surface area contributed by atoms with E-state index in [1.807, 2.05) is 64.2 Å². The summed E-state index contributed by atoms with van der Waals surface area (Å²) in [6.07, 6.45) is 15.2. The number of Topliss-reactive ketones (excluding diaryl/α,β-unsaturated/α-hetero) is 1. The number of allylic oxidation sites excluding steroid dienone is 11. The molecule has 25 heavy (non-hydrogen) atoms. The maximum absolute atomic E-state index is 12.0. The van der Waals surface area contributed by atoms with Gasteiger partial charge in [0.15, 0.2) is 5.78 Å². The first-order chi connectivity index (χ1) is 11.7. The Kier molecular flexibility index (Phi) is 7.72. The van der Waals surface area contributed by atoms with Gasteiger partial charge in [-0.25, -0.2) is 0 Å². The normalized spacial score (nSPS) is 22.6. The molecule has 0 spiro atoms. The van der Waals surface area contributed by atoms with Crippen molar-refractivity contribution >= 4 is 12.1 Å². The summed E-state index contributed by atoms with van der Waals surface area (Å²) in [5.41, 5.74) is 3.49. The molecule has 0 fully saturated rings. The molecule has 1 N–H and O–H groups in total. The lowest BCUT2D eigenvalue weighted by molar-refractivity contribution is -0.125. The Labute approximate surface area is 150 Å². The molecule has 0 saturated heterocycles. The summed E-state index contributed by atoms with van der Waals surface area (Å²) < 4.78 is 0. The van der Waals surface area contributed by atoms with E-state index in [1.165, 1.54) is 6.08 Å². The van der Waals surface area contributed by atoms with E-state index in [0.29, 0.717) is 12.0 Å². The summed E-state index contributed by atoms with van der Waals surface area (Å²) in [6, 6.07) is 0. The Bertz CT molecular complexity index is 695. The van der Waals surface area contributed by atoms with Crippen LogP contribution >= 0.6 is 0 Å². The van der Waals surface area contributed by atoms with Crippen LogP contribution in [0.1, 0.15) is 41.0 Å². The highest BCUT2D eigenvalue weighted by Gasteiger charge is 2.36. The van der Waals surface area contributed by atoms with Crippen LogP contribution in [-0.2, 0) is 9.59 Å². The van der Waals surface area contributed by atoms with E-state index in [9.17, 15) is 14.7 Å². The number of aldehydes is 1. The molecule has 1 rings (SSSR count). The van der Waals surface area contributed by atoms with Crippen LogP contribution in [0.25, 0.3) is 0 Å². The molecule has 3 nitrogen and oxygen atoms in total. The van der Waals surface area contributed by atoms with E-state index >= 15 is 0 Å². The number of hydrogen-bond acceptors (Lipinski definition) is 3. The molecule has 1 aliphatic rings. The lowest BCUT2D eigenvalue weighted by Crippen LogP contribution is -2.35. The Hall–Kier alpha value is -2.26. The van der Waals surface area contributed by atoms with Gasteiger partial charge in [-0.1, -0.05) is 67.5 Å². The minimum atomic E-state index is -0.894. The molecule has 134 valence electrons. The average molecular weight is 340 g/mol. The van der Waals surface area contributed by atoms with Gasteiger partial charge in [-0.05, 0) is 49.8 Å². The van der Waals surface area contributed by atoms with E-state index in [4.69, 9.17) is 0 Å². The van der Waals surface area contributed by atoms with Crippen molar-refractivity contribution in [1.29, 1.82) is 0 Å². The quantitative estimate of drug-likeness (QED) is 0.442. The maximum Gasteiger partial charge on any atom is 0.187 e. The second kappa shape index (κ2) is 9.28. The van der Waals surface area contributed by atoms with Crippen LogP contribution in [0, 0.1) is 5.41 Å². The molecule has 0 aromatic carbocycles. The number of rotatable bonds is 6. The number of hydrogen-bond donors (Lipinski definition) is 1. The predicted octanol–water partition coefficient (Wildman–Crippen LogP) is 4.42. The van der Waals surface area contributed by atoms with Gasteiger partial charge in [0.25, 0.3) is 0 Å². The van der Waals surface area contributed by atoms with Crippen LogP contribution < -0.4 is 0 Å². The molecule has 0 saturated carbocycles. The van der Waals surface area contributed by atoms with Crippen molar-refractivity contribution < 1.29 is 14.7 Å². The second-order valence-corrected chi connectivity index (χ2v) is 7.04. The smallest absolute Gasteiger partial charge is 0.187 e. The van der Waals surface area contributed by atoms with Crippen molar-refractivity contribution in [3.05, 3.63) is 70.9 Å². The van der Waals surface area contributed by atoms with Gasteiger partial charge in [0, 0.05) is 0 Å². The van der Waals surface area contributed by atoms with Gasteiger partial charge in [-0.15, -0.1) is 0 Å². The van der Waals surface area contributed by atoms with Gasteiger partial charge in [0.2, 0.25) is 0 Å². The molecule has 0 amide bonds. The summed E-state index contributed by atoms with van der Waals surface area (Å²) in [5.74, 6) is -0.176. The zero-order chi connectivity index (χ0) is 19.0. The van der Waals surface area contributed by atoms with Crippen molar-refractivity contribution in [1.82, 2.24) is 0 Å². The van der Waals surface area contributed by atoms with Crippen LogP contribution in [-0.4, -0.2) is 23.3 Å². The number of carbonyl (C=O) groups is 2. The van der Waals surface area contributed by atoms with E-state index < -0.39 is 6.10 Å². The minimum absolute atomic E-state index is 0.176. The van der Waals surface area contributed by atoms with Crippen LogP contribution in [0.5, 0.6) is 0 Å². The summed E-state index contributed by atoms with van der Waals surface area (Å²) in [6.45, 7) is 9.83. The first-order valence-electron chi connectivity index (χ1n) is 8.44. The zero-order valence-electron chi connectivity index (χ0n) is 15.7. The minimum Gasteiger partial charge on any atom is -0.385 e.